The summed E-state index contributed by atoms with van der Waals surface area (Å²) >= 11 is 0. The number of rotatable bonds is 9. The molecule has 11 nitrogen and oxygen atoms in total. The second-order valence-electron chi connectivity index (χ2n) is 8.28. The van der Waals surface area contributed by atoms with E-state index in [4.69, 9.17) is 4.74 Å². The van der Waals surface area contributed by atoms with Crippen LogP contribution in [-0.4, -0.2) is 40.7 Å². The molecule has 0 saturated heterocycles. The van der Waals surface area contributed by atoms with Crippen LogP contribution in [0.15, 0.2) is 82.6 Å². The largest absolute Gasteiger partial charge is 0.494 e. The Labute approximate surface area is 219 Å². The van der Waals surface area contributed by atoms with Crippen molar-refractivity contribution < 1.29 is 17.9 Å². The van der Waals surface area contributed by atoms with Crippen LogP contribution in [0.2, 0.25) is 0 Å². The minimum atomic E-state index is -3.93. The van der Waals surface area contributed by atoms with Gasteiger partial charge in [0.2, 0.25) is 11.9 Å². The Kier molecular flexibility index (Phi) is 7.82. The Morgan fingerprint density at radius 3 is 2.39 bits per heavy atom. The number of ether oxygens (including phenoxy) is 1. The number of anilines is 2. The zero-order chi connectivity index (χ0) is 27.3. The molecule has 2 N–H and O–H groups in total. The van der Waals surface area contributed by atoms with Crippen molar-refractivity contribution in [2.24, 2.45) is 0 Å². The van der Waals surface area contributed by atoms with Crippen LogP contribution >= 0.6 is 0 Å². The van der Waals surface area contributed by atoms with Gasteiger partial charge < -0.3 is 10.1 Å². The molecule has 0 saturated carbocycles. The van der Waals surface area contributed by atoms with Gasteiger partial charge in [-0.2, -0.15) is 5.10 Å². The van der Waals surface area contributed by atoms with Crippen LogP contribution in [-0.2, 0) is 14.8 Å². The van der Waals surface area contributed by atoms with Crippen molar-refractivity contribution >= 4 is 27.6 Å². The maximum Gasteiger partial charge on any atom is 0.267 e. The Morgan fingerprint density at radius 1 is 1.03 bits per heavy atom. The number of benzene rings is 2. The lowest BCUT2D eigenvalue weighted by atomic mass is 10.1. The summed E-state index contributed by atoms with van der Waals surface area (Å²) in [6.45, 7) is 5.72. The topological polar surface area (TPSA) is 145 Å². The van der Waals surface area contributed by atoms with Crippen molar-refractivity contribution in [3.63, 3.8) is 0 Å². The van der Waals surface area contributed by atoms with Crippen LogP contribution in [0.1, 0.15) is 25.6 Å². The number of aryl methyl sites for hydroxylation is 1. The Bertz CT molecular complexity index is 1600. The number of sulfonamides is 1. The van der Waals surface area contributed by atoms with Gasteiger partial charge >= 0.3 is 0 Å². The van der Waals surface area contributed by atoms with Gasteiger partial charge in [0.15, 0.2) is 0 Å². The van der Waals surface area contributed by atoms with E-state index in [2.05, 4.69) is 25.1 Å². The first kappa shape index (κ1) is 26.5. The molecule has 12 heteroatoms. The van der Waals surface area contributed by atoms with Crippen LogP contribution in [0, 0.1) is 6.92 Å². The molecule has 38 heavy (non-hydrogen) atoms. The molecule has 0 aliphatic carbocycles. The molecular weight excluding hydrogens is 508 g/mol. The van der Waals surface area contributed by atoms with E-state index in [1.54, 1.807) is 38.1 Å². The first-order chi connectivity index (χ1) is 18.2. The molecule has 2 aromatic carbocycles. The predicted octanol–water partition coefficient (Wildman–Crippen LogP) is 3.41. The quantitative estimate of drug-likeness (QED) is 0.332. The van der Waals surface area contributed by atoms with E-state index in [-0.39, 0.29) is 10.8 Å². The monoisotopic (exact) mass is 534 g/mol. The van der Waals surface area contributed by atoms with Crippen molar-refractivity contribution in [2.45, 2.75) is 31.7 Å². The van der Waals surface area contributed by atoms with E-state index >= 15 is 0 Å². The molecule has 4 rings (SSSR count). The second kappa shape index (κ2) is 11.2. The highest BCUT2D eigenvalue weighted by Crippen LogP contribution is 2.21. The standard InChI is InChI=1S/C26H26N6O5S/c1-4-37-21-9-5-19(6-10-21)23-13-14-24(33)32(30-23)18(3)25(34)29-20-7-11-22(12-8-20)38(35,36)31-26-27-16-15-17(2)28-26/h5-16,18H,4H2,1-3H3,(H,29,34)(H,27,28,31). The van der Waals surface area contributed by atoms with Crippen LogP contribution < -0.4 is 20.3 Å². The second-order valence-corrected chi connectivity index (χ2v) is 9.96. The summed E-state index contributed by atoms with van der Waals surface area (Å²) < 4.78 is 34.2. The third kappa shape index (κ3) is 6.21. The van der Waals surface area contributed by atoms with Crippen molar-refractivity contribution in [3.8, 4) is 17.0 Å². The average molecular weight is 535 g/mol. The molecule has 0 radical (unpaired) electrons. The smallest absolute Gasteiger partial charge is 0.267 e. The lowest BCUT2D eigenvalue weighted by Crippen LogP contribution is -2.33. The molecule has 0 aliphatic heterocycles. The molecule has 1 unspecified atom stereocenters. The number of nitrogens with one attached hydrogen (secondary N) is 2. The van der Waals surface area contributed by atoms with Gasteiger partial charge in [0.1, 0.15) is 11.8 Å². The highest BCUT2D eigenvalue weighted by atomic mass is 32.2. The summed E-state index contributed by atoms with van der Waals surface area (Å²) in [6.07, 6.45) is 1.45. The van der Waals surface area contributed by atoms with E-state index in [0.29, 0.717) is 23.7 Å². The molecular formula is C26H26N6O5S. The zero-order valence-corrected chi connectivity index (χ0v) is 21.8. The number of hydrogen-bond donors (Lipinski definition) is 2. The minimum Gasteiger partial charge on any atom is -0.494 e. The van der Waals surface area contributed by atoms with Crippen molar-refractivity contribution in [1.29, 1.82) is 0 Å². The van der Waals surface area contributed by atoms with Crippen molar-refractivity contribution in [2.75, 3.05) is 16.6 Å². The van der Waals surface area contributed by atoms with Gasteiger partial charge in [0, 0.05) is 29.2 Å². The summed E-state index contributed by atoms with van der Waals surface area (Å²) in [6, 6.07) is 16.5. The molecule has 2 heterocycles. The number of amides is 1. The molecule has 0 bridgehead atoms. The maximum absolute atomic E-state index is 12.9. The van der Waals surface area contributed by atoms with E-state index in [9.17, 15) is 18.0 Å². The fraction of sp³-hybridized carbons (Fsp3) is 0.192. The molecule has 1 amide bonds. The van der Waals surface area contributed by atoms with E-state index in [1.807, 2.05) is 19.1 Å². The molecule has 4 aromatic rings. The predicted molar refractivity (Wildman–Crippen MR) is 142 cm³/mol. The van der Waals surface area contributed by atoms with E-state index in [0.717, 1.165) is 16.0 Å². The van der Waals surface area contributed by atoms with Crippen LogP contribution in [0.4, 0.5) is 11.6 Å². The van der Waals surface area contributed by atoms with Gasteiger partial charge in [-0.25, -0.2) is 27.8 Å². The first-order valence-corrected chi connectivity index (χ1v) is 13.2. The van der Waals surface area contributed by atoms with E-state index in [1.165, 1.54) is 36.5 Å². The Balaban J connectivity index is 1.47. The SMILES string of the molecule is CCOc1ccc(-c2ccc(=O)n(C(C)C(=O)Nc3ccc(S(=O)(=O)Nc4nccc(C)n4)cc3)n2)cc1. The molecule has 2 aromatic heterocycles. The zero-order valence-electron chi connectivity index (χ0n) is 21.0. The van der Waals surface area contributed by atoms with Crippen LogP contribution in [0.3, 0.4) is 0 Å². The summed E-state index contributed by atoms with van der Waals surface area (Å²) in [5.74, 6) is 0.183. The summed E-state index contributed by atoms with van der Waals surface area (Å²) in [5, 5.41) is 7.07. The Morgan fingerprint density at radius 2 is 1.74 bits per heavy atom. The van der Waals surface area contributed by atoms with Gasteiger partial charge in [-0.1, -0.05) is 0 Å². The first-order valence-electron chi connectivity index (χ1n) is 11.7. The summed E-state index contributed by atoms with van der Waals surface area (Å²) in [4.78, 5) is 33.3. The van der Waals surface area contributed by atoms with Crippen molar-refractivity contribution in [3.05, 3.63) is 89.0 Å². The molecule has 0 aliphatic rings. The van der Waals surface area contributed by atoms with Gasteiger partial charge in [0.05, 0.1) is 17.2 Å². The van der Waals surface area contributed by atoms with Crippen LogP contribution in [0.5, 0.6) is 5.75 Å². The summed E-state index contributed by atoms with van der Waals surface area (Å²) in [7, 11) is -3.93. The number of carbonyl (C=O) groups excluding carboxylic acids is 1. The third-order valence-corrected chi connectivity index (χ3v) is 6.83. The lowest BCUT2D eigenvalue weighted by molar-refractivity contribution is -0.119. The number of nitrogens with zero attached hydrogens (tertiary/aromatic N) is 4. The maximum atomic E-state index is 12.9. The minimum absolute atomic E-state index is 0.0328. The van der Waals surface area contributed by atoms with Crippen LogP contribution in [0.25, 0.3) is 11.3 Å². The van der Waals surface area contributed by atoms with E-state index < -0.39 is 27.5 Å². The van der Waals surface area contributed by atoms with Gasteiger partial charge in [-0.3, -0.25) is 9.59 Å². The normalized spacial score (nSPS) is 12.0. The fourth-order valence-corrected chi connectivity index (χ4v) is 4.45. The number of carbonyl (C=O) groups is 1. The van der Waals surface area contributed by atoms with Gasteiger partial charge in [-0.05, 0) is 81.4 Å². The van der Waals surface area contributed by atoms with Gasteiger partial charge in [-0.15, -0.1) is 0 Å². The molecule has 1 atom stereocenters. The van der Waals surface area contributed by atoms with Crippen molar-refractivity contribution in [1.82, 2.24) is 19.7 Å². The fourth-order valence-electron chi connectivity index (χ4n) is 3.50. The molecule has 0 spiro atoms. The molecule has 196 valence electrons. The number of aromatic nitrogens is 4. The average Bonchev–Trinajstić information content (AvgIpc) is 2.89. The third-order valence-electron chi connectivity index (χ3n) is 5.49. The highest BCUT2D eigenvalue weighted by molar-refractivity contribution is 7.92. The molecule has 0 fully saturated rings. The summed E-state index contributed by atoms with van der Waals surface area (Å²) in [5.41, 5.74) is 1.81. The number of hydrogen-bond acceptors (Lipinski definition) is 8. The Hall–Kier alpha value is -4.58. The highest BCUT2D eigenvalue weighted by Gasteiger charge is 2.20. The van der Waals surface area contributed by atoms with Gasteiger partial charge in [0.25, 0.3) is 15.6 Å². The lowest BCUT2D eigenvalue weighted by Gasteiger charge is -2.15.